The van der Waals surface area contributed by atoms with Gasteiger partial charge in [0.25, 0.3) is 0 Å². The van der Waals surface area contributed by atoms with Gasteiger partial charge in [-0.15, -0.1) is 13.2 Å². The van der Waals surface area contributed by atoms with E-state index >= 15 is 0 Å². The maximum atomic E-state index is 9.68. The maximum Gasteiger partial charge on any atom is 0.0783 e. The van der Waals surface area contributed by atoms with Crippen LogP contribution in [0.3, 0.4) is 0 Å². The van der Waals surface area contributed by atoms with Gasteiger partial charge in [-0.25, -0.2) is 0 Å². The van der Waals surface area contributed by atoms with Crippen LogP contribution >= 0.6 is 0 Å². The molecule has 0 rings (SSSR count). The molecule has 0 saturated carbocycles. The first-order chi connectivity index (χ1) is 13.5. The highest BCUT2D eigenvalue weighted by Crippen LogP contribution is 2.26. The van der Waals surface area contributed by atoms with Crippen LogP contribution in [-0.2, 0) is 4.74 Å². The number of rotatable bonds is 15. The average Bonchev–Trinajstić information content (AvgIpc) is 2.63. The van der Waals surface area contributed by atoms with Crippen molar-refractivity contribution in [2.24, 2.45) is 35.5 Å². The number of hydrogen-bond acceptors (Lipinski definition) is 2. The maximum absolute atomic E-state index is 9.68. The van der Waals surface area contributed by atoms with Crippen molar-refractivity contribution in [1.29, 1.82) is 0 Å². The smallest absolute Gasteiger partial charge is 0.0783 e. The van der Waals surface area contributed by atoms with E-state index in [-0.39, 0.29) is 12.2 Å². The molecule has 174 valence electrons. The van der Waals surface area contributed by atoms with Gasteiger partial charge in [-0.2, -0.15) is 0 Å². The highest BCUT2D eigenvalue weighted by atomic mass is 16.5. The van der Waals surface area contributed by atoms with E-state index in [1.54, 1.807) is 6.08 Å². The van der Waals surface area contributed by atoms with Crippen molar-refractivity contribution in [3.8, 4) is 0 Å². The van der Waals surface area contributed by atoms with E-state index in [0.717, 1.165) is 31.3 Å². The average molecular weight is 411 g/mol. The lowest BCUT2D eigenvalue weighted by molar-refractivity contribution is 0.0245. The van der Waals surface area contributed by atoms with E-state index < -0.39 is 0 Å². The van der Waals surface area contributed by atoms with E-state index in [1.807, 2.05) is 6.08 Å². The van der Waals surface area contributed by atoms with Crippen LogP contribution in [0, 0.1) is 35.5 Å². The molecule has 2 nitrogen and oxygen atoms in total. The third kappa shape index (κ3) is 15.8. The SMILES string of the molecule is C=C[C@H](O)[C@@H](CCC(C)C)C(C)C.C=C[C@H](OCCC)[C@@H](CCC(C)C)C(C)C. The van der Waals surface area contributed by atoms with Crippen molar-refractivity contribution in [2.75, 3.05) is 6.61 Å². The fourth-order valence-corrected chi connectivity index (χ4v) is 3.62. The summed E-state index contributed by atoms with van der Waals surface area (Å²) in [5, 5.41) is 9.68. The summed E-state index contributed by atoms with van der Waals surface area (Å²) < 4.78 is 5.88. The zero-order chi connectivity index (χ0) is 23.0. The standard InChI is InChI=1S/C15H30O.C12H24O/c1-7-11-16-15(8-2)14(13(5)6)10-9-12(3)4;1-6-12(13)11(10(4)5)8-7-9(2)3/h8,12-15H,2,7,9-11H2,1,3-6H3;6,9-13H,1,7-8H2,2-5H3/t14-,15-;11-,12-/m00/s1. The molecule has 0 saturated heterocycles. The second kappa shape index (κ2) is 18.2. The highest BCUT2D eigenvalue weighted by Gasteiger charge is 2.22. The molecule has 0 aromatic rings. The van der Waals surface area contributed by atoms with Crippen molar-refractivity contribution < 1.29 is 9.84 Å². The first-order valence-corrected chi connectivity index (χ1v) is 12.1. The summed E-state index contributed by atoms with van der Waals surface area (Å²) in [5.74, 6) is 3.69. The number of hydrogen-bond donors (Lipinski definition) is 1. The predicted molar refractivity (Wildman–Crippen MR) is 131 cm³/mol. The fourth-order valence-electron chi connectivity index (χ4n) is 3.62. The minimum absolute atomic E-state index is 0.235. The molecule has 0 heterocycles. The number of aliphatic hydroxyl groups is 1. The summed E-state index contributed by atoms with van der Waals surface area (Å²) in [5.41, 5.74) is 0. The van der Waals surface area contributed by atoms with Gasteiger partial charge in [0.1, 0.15) is 0 Å². The Morgan fingerprint density at radius 2 is 1.17 bits per heavy atom. The van der Waals surface area contributed by atoms with Crippen molar-refractivity contribution in [1.82, 2.24) is 0 Å². The molecule has 0 bridgehead atoms. The fraction of sp³-hybridized carbons (Fsp3) is 0.852. The molecule has 0 fully saturated rings. The van der Waals surface area contributed by atoms with Crippen LogP contribution in [-0.4, -0.2) is 23.9 Å². The quantitative estimate of drug-likeness (QED) is 0.278. The second-order valence-corrected chi connectivity index (χ2v) is 10.1. The van der Waals surface area contributed by atoms with Crippen LogP contribution in [0.4, 0.5) is 0 Å². The molecule has 0 amide bonds. The predicted octanol–water partition coefficient (Wildman–Crippen LogP) is 7.92. The lowest BCUT2D eigenvalue weighted by Crippen LogP contribution is -2.27. The van der Waals surface area contributed by atoms with Crippen molar-refractivity contribution >= 4 is 0 Å². The molecular weight excluding hydrogens is 356 g/mol. The van der Waals surface area contributed by atoms with Gasteiger partial charge in [0.2, 0.25) is 0 Å². The summed E-state index contributed by atoms with van der Waals surface area (Å²) in [4.78, 5) is 0. The zero-order valence-electron chi connectivity index (χ0n) is 21.3. The Morgan fingerprint density at radius 3 is 1.48 bits per heavy atom. The first kappa shape index (κ1) is 30.6. The third-order valence-electron chi connectivity index (χ3n) is 5.72. The van der Waals surface area contributed by atoms with Crippen LogP contribution in [0.1, 0.15) is 94.4 Å². The van der Waals surface area contributed by atoms with Gasteiger partial charge in [-0.05, 0) is 54.8 Å². The van der Waals surface area contributed by atoms with Gasteiger partial charge in [-0.3, -0.25) is 0 Å². The first-order valence-electron chi connectivity index (χ1n) is 12.1. The lowest BCUT2D eigenvalue weighted by atomic mass is 9.84. The molecule has 0 aromatic carbocycles. The highest BCUT2D eigenvalue weighted by molar-refractivity contribution is 4.88. The largest absolute Gasteiger partial charge is 0.389 e. The molecule has 4 atom stereocenters. The van der Waals surface area contributed by atoms with Crippen LogP contribution in [0.5, 0.6) is 0 Å². The Morgan fingerprint density at radius 1 is 0.724 bits per heavy atom. The van der Waals surface area contributed by atoms with E-state index in [9.17, 15) is 5.11 Å². The van der Waals surface area contributed by atoms with Crippen LogP contribution in [0.25, 0.3) is 0 Å². The molecule has 0 radical (unpaired) electrons. The minimum Gasteiger partial charge on any atom is -0.389 e. The Balaban J connectivity index is 0. The number of ether oxygens (including phenoxy) is 1. The topological polar surface area (TPSA) is 29.5 Å². The number of aliphatic hydroxyl groups excluding tert-OH is 1. The van der Waals surface area contributed by atoms with E-state index in [2.05, 4.69) is 75.5 Å². The summed E-state index contributed by atoms with van der Waals surface area (Å²) in [6.07, 6.45) is 9.44. The summed E-state index contributed by atoms with van der Waals surface area (Å²) in [6.45, 7) is 28.5. The van der Waals surface area contributed by atoms with E-state index in [4.69, 9.17) is 4.74 Å². The minimum atomic E-state index is -0.334. The monoisotopic (exact) mass is 410 g/mol. The van der Waals surface area contributed by atoms with Crippen LogP contribution < -0.4 is 0 Å². The molecule has 0 aliphatic carbocycles. The lowest BCUT2D eigenvalue weighted by Gasteiger charge is -2.28. The van der Waals surface area contributed by atoms with Gasteiger partial charge in [0, 0.05) is 6.61 Å². The van der Waals surface area contributed by atoms with Gasteiger partial charge in [-0.1, -0.05) is 87.3 Å². The molecule has 0 unspecified atom stereocenters. The molecular formula is C27H54O2. The van der Waals surface area contributed by atoms with Crippen molar-refractivity contribution in [2.45, 2.75) is 107 Å². The van der Waals surface area contributed by atoms with E-state index in [0.29, 0.717) is 23.7 Å². The molecule has 0 spiro atoms. The Kier molecular flexibility index (Phi) is 19.2. The summed E-state index contributed by atoms with van der Waals surface area (Å²) >= 11 is 0. The molecule has 0 aliphatic rings. The molecule has 29 heavy (non-hydrogen) atoms. The second-order valence-electron chi connectivity index (χ2n) is 10.1. The van der Waals surface area contributed by atoms with E-state index in [1.165, 1.54) is 19.3 Å². The van der Waals surface area contributed by atoms with Crippen molar-refractivity contribution in [3.63, 3.8) is 0 Å². The van der Waals surface area contributed by atoms with Crippen LogP contribution in [0.2, 0.25) is 0 Å². The third-order valence-corrected chi connectivity index (χ3v) is 5.72. The van der Waals surface area contributed by atoms with Crippen molar-refractivity contribution in [3.05, 3.63) is 25.3 Å². The summed E-state index contributed by atoms with van der Waals surface area (Å²) in [7, 11) is 0. The van der Waals surface area contributed by atoms with Gasteiger partial charge >= 0.3 is 0 Å². The molecule has 0 aliphatic heterocycles. The molecule has 0 aromatic heterocycles. The summed E-state index contributed by atoms with van der Waals surface area (Å²) in [6, 6.07) is 0. The van der Waals surface area contributed by atoms with Gasteiger partial charge in [0.15, 0.2) is 0 Å². The Bertz CT molecular complexity index is 384. The normalized spacial score (nSPS) is 15.8. The van der Waals surface area contributed by atoms with Gasteiger partial charge in [0.05, 0.1) is 12.2 Å². The zero-order valence-corrected chi connectivity index (χ0v) is 21.3. The Labute approximate surface area is 184 Å². The molecule has 1 N–H and O–H groups in total. The molecule has 2 heteroatoms. The van der Waals surface area contributed by atoms with Gasteiger partial charge < -0.3 is 9.84 Å². The van der Waals surface area contributed by atoms with Crippen LogP contribution in [0.15, 0.2) is 25.3 Å². The Hall–Kier alpha value is -0.600.